The molecule has 0 aliphatic carbocycles. The molecule has 16 heavy (non-hydrogen) atoms. The maximum atomic E-state index is 11.5. The van der Waals surface area contributed by atoms with Gasteiger partial charge in [-0.25, -0.2) is 0 Å². The fourth-order valence-electron chi connectivity index (χ4n) is 1.91. The van der Waals surface area contributed by atoms with Gasteiger partial charge in [-0.1, -0.05) is 19.8 Å². The minimum absolute atomic E-state index is 0.146. The highest BCUT2D eigenvalue weighted by Gasteiger charge is 2.21. The van der Waals surface area contributed by atoms with E-state index in [1.54, 1.807) is 0 Å². The molecular formula is C12H23NO3. The molecule has 1 N–H and O–H groups in total. The lowest BCUT2D eigenvalue weighted by Crippen LogP contribution is -2.40. The molecule has 2 unspecified atom stereocenters. The van der Waals surface area contributed by atoms with Crippen LogP contribution in [0.5, 0.6) is 0 Å². The zero-order valence-electron chi connectivity index (χ0n) is 10.3. The van der Waals surface area contributed by atoms with Crippen LogP contribution in [0.2, 0.25) is 0 Å². The van der Waals surface area contributed by atoms with Gasteiger partial charge >= 0.3 is 5.97 Å². The average Bonchev–Trinajstić information content (AvgIpc) is 2.81. The number of ether oxygens (including phenoxy) is 2. The third-order valence-corrected chi connectivity index (χ3v) is 3.01. The Morgan fingerprint density at radius 3 is 3.00 bits per heavy atom. The number of methoxy groups -OCH3 is 1. The van der Waals surface area contributed by atoms with Gasteiger partial charge in [-0.3, -0.25) is 4.79 Å². The van der Waals surface area contributed by atoms with E-state index < -0.39 is 0 Å². The number of rotatable bonds is 7. The van der Waals surface area contributed by atoms with Gasteiger partial charge in [0.25, 0.3) is 0 Å². The van der Waals surface area contributed by atoms with Crippen LogP contribution in [0, 0.1) is 5.92 Å². The van der Waals surface area contributed by atoms with Crippen LogP contribution < -0.4 is 5.32 Å². The second-order valence-corrected chi connectivity index (χ2v) is 4.36. The quantitative estimate of drug-likeness (QED) is 0.669. The molecule has 94 valence electrons. The third-order valence-electron chi connectivity index (χ3n) is 3.01. The normalized spacial score (nSPS) is 22.0. The van der Waals surface area contributed by atoms with Gasteiger partial charge in [-0.2, -0.15) is 0 Å². The molecule has 0 amide bonds. The Morgan fingerprint density at radius 1 is 1.62 bits per heavy atom. The summed E-state index contributed by atoms with van der Waals surface area (Å²) in [7, 11) is 1.45. The highest BCUT2D eigenvalue weighted by atomic mass is 16.5. The number of carbonyl (C=O) groups is 1. The molecule has 1 heterocycles. The maximum absolute atomic E-state index is 11.5. The third kappa shape index (κ3) is 4.49. The van der Waals surface area contributed by atoms with E-state index in [1.807, 2.05) is 0 Å². The van der Waals surface area contributed by atoms with Crippen LogP contribution in [0.4, 0.5) is 0 Å². The fraction of sp³-hybridized carbons (Fsp3) is 0.917. The number of esters is 1. The van der Waals surface area contributed by atoms with Crippen LogP contribution in [0.3, 0.4) is 0 Å². The van der Waals surface area contributed by atoms with Gasteiger partial charge in [0.05, 0.1) is 13.7 Å². The Hall–Kier alpha value is -0.610. The molecule has 1 aliphatic heterocycles. The highest BCUT2D eigenvalue weighted by Crippen LogP contribution is 2.12. The molecule has 4 nitrogen and oxygen atoms in total. The molecule has 2 atom stereocenters. The smallest absolute Gasteiger partial charge is 0.322 e. The van der Waals surface area contributed by atoms with Crippen molar-refractivity contribution in [3.05, 3.63) is 0 Å². The summed E-state index contributed by atoms with van der Waals surface area (Å²) in [5.74, 6) is 0.404. The van der Waals surface area contributed by atoms with Crippen molar-refractivity contribution in [2.24, 2.45) is 5.92 Å². The molecule has 1 aliphatic rings. The van der Waals surface area contributed by atoms with E-state index >= 15 is 0 Å². The summed E-state index contributed by atoms with van der Waals surface area (Å²) in [6, 6.07) is -0.148. The van der Waals surface area contributed by atoms with Gasteiger partial charge in [0.1, 0.15) is 6.04 Å². The fourth-order valence-corrected chi connectivity index (χ4v) is 1.91. The van der Waals surface area contributed by atoms with Crippen molar-refractivity contribution >= 4 is 5.97 Å². The number of hydrogen-bond acceptors (Lipinski definition) is 4. The van der Waals surface area contributed by atoms with E-state index in [0.717, 1.165) is 45.4 Å². The first-order chi connectivity index (χ1) is 7.77. The van der Waals surface area contributed by atoms with Crippen molar-refractivity contribution in [3.63, 3.8) is 0 Å². The Kier molecular flexibility index (Phi) is 6.42. The van der Waals surface area contributed by atoms with Crippen molar-refractivity contribution in [1.29, 1.82) is 0 Å². The summed E-state index contributed by atoms with van der Waals surface area (Å²) < 4.78 is 10.1. The van der Waals surface area contributed by atoms with Crippen LogP contribution in [0.25, 0.3) is 0 Å². The lowest BCUT2D eigenvalue weighted by Gasteiger charge is -2.18. The van der Waals surface area contributed by atoms with Crippen molar-refractivity contribution in [1.82, 2.24) is 5.32 Å². The molecule has 1 saturated heterocycles. The first-order valence-corrected chi connectivity index (χ1v) is 6.16. The summed E-state index contributed by atoms with van der Waals surface area (Å²) in [5, 5.41) is 3.29. The van der Waals surface area contributed by atoms with Gasteiger partial charge in [0, 0.05) is 13.2 Å². The topological polar surface area (TPSA) is 47.6 Å². The zero-order valence-corrected chi connectivity index (χ0v) is 10.3. The Morgan fingerprint density at radius 2 is 2.44 bits per heavy atom. The largest absolute Gasteiger partial charge is 0.468 e. The standard InChI is InChI=1S/C12H23NO3/c1-3-4-5-11(12(14)15-2)13-8-10-6-7-16-9-10/h10-11,13H,3-9H2,1-2H3. The van der Waals surface area contributed by atoms with E-state index in [4.69, 9.17) is 9.47 Å². The minimum Gasteiger partial charge on any atom is -0.468 e. The molecule has 0 bridgehead atoms. The second-order valence-electron chi connectivity index (χ2n) is 4.36. The number of carbonyl (C=O) groups excluding carboxylic acids is 1. The van der Waals surface area contributed by atoms with Gasteiger partial charge in [0.15, 0.2) is 0 Å². The van der Waals surface area contributed by atoms with Crippen molar-refractivity contribution < 1.29 is 14.3 Å². The van der Waals surface area contributed by atoms with Crippen LogP contribution in [-0.4, -0.2) is 38.9 Å². The minimum atomic E-state index is -0.148. The molecular weight excluding hydrogens is 206 g/mol. The number of hydrogen-bond donors (Lipinski definition) is 1. The average molecular weight is 229 g/mol. The summed E-state index contributed by atoms with van der Waals surface area (Å²) in [6.45, 7) is 4.64. The van der Waals surface area contributed by atoms with Gasteiger partial charge in [-0.15, -0.1) is 0 Å². The van der Waals surface area contributed by atoms with Crippen LogP contribution in [0.15, 0.2) is 0 Å². The number of nitrogens with one attached hydrogen (secondary N) is 1. The van der Waals surface area contributed by atoms with Gasteiger partial charge in [0.2, 0.25) is 0 Å². The first-order valence-electron chi connectivity index (χ1n) is 6.16. The van der Waals surface area contributed by atoms with Gasteiger partial charge < -0.3 is 14.8 Å². The summed E-state index contributed by atoms with van der Waals surface area (Å²) >= 11 is 0. The summed E-state index contributed by atoms with van der Waals surface area (Å²) in [6.07, 6.45) is 4.10. The Labute approximate surface area is 97.7 Å². The van der Waals surface area contributed by atoms with E-state index in [0.29, 0.717) is 5.92 Å². The van der Waals surface area contributed by atoms with Crippen LogP contribution in [0.1, 0.15) is 32.6 Å². The van der Waals surface area contributed by atoms with Crippen LogP contribution in [-0.2, 0) is 14.3 Å². The molecule has 0 aromatic carbocycles. The summed E-state index contributed by atoms with van der Waals surface area (Å²) in [4.78, 5) is 11.5. The molecule has 1 rings (SSSR count). The SMILES string of the molecule is CCCCC(NCC1CCOC1)C(=O)OC. The molecule has 0 aromatic heterocycles. The van der Waals surface area contributed by atoms with E-state index in [-0.39, 0.29) is 12.0 Å². The van der Waals surface area contributed by atoms with Crippen LogP contribution >= 0.6 is 0 Å². The Balaban J connectivity index is 2.27. The lowest BCUT2D eigenvalue weighted by molar-refractivity contribution is -0.143. The zero-order chi connectivity index (χ0) is 11.8. The van der Waals surface area contributed by atoms with Crippen molar-refractivity contribution in [2.45, 2.75) is 38.6 Å². The monoisotopic (exact) mass is 229 g/mol. The molecule has 0 spiro atoms. The Bertz CT molecular complexity index is 202. The predicted molar refractivity (Wildman–Crippen MR) is 62.3 cm³/mol. The molecule has 1 fully saturated rings. The van der Waals surface area contributed by atoms with Crippen molar-refractivity contribution in [3.8, 4) is 0 Å². The molecule has 0 radical (unpaired) electrons. The first kappa shape index (κ1) is 13.5. The van der Waals surface area contributed by atoms with Crippen molar-refractivity contribution in [2.75, 3.05) is 26.9 Å². The number of unbranched alkanes of at least 4 members (excludes halogenated alkanes) is 1. The van der Waals surface area contributed by atoms with E-state index in [9.17, 15) is 4.79 Å². The highest BCUT2D eigenvalue weighted by molar-refractivity contribution is 5.75. The lowest BCUT2D eigenvalue weighted by atomic mass is 10.1. The molecule has 4 heteroatoms. The molecule has 0 saturated carbocycles. The van der Waals surface area contributed by atoms with Gasteiger partial charge in [-0.05, 0) is 18.8 Å². The maximum Gasteiger partial charge on any atom is 0.322 e. The predicted octanol–water partition coefficient (Wildman–Crippen LogP) is 1.34. The van der Waals surface area contributed by atoms with E-state index in [2.05, 4.69) is 12.2 Å². The molecule has 0 aromatic rings. The van der Waals surface area contributed by atoms with E-state index in [1.165, 1.54) is 7.11 Å². The second kappa shape index (κ2) is 7.63. The summed E-state index contributed by atoms with van der Waals surface area (Å²) in [5.41, 5.74) is 0.